The smallest absolute Gasteiger partial charge is 0.133 e. The number of nitriles is 1. The van der Waals surface area contributed by atoms with Gasteiger partial charge in [-0.2, -0.15) is 5.26 Å². The molecule has 0 fully saturated rings. The molecule has 0 unspecified atom stereocenters. The highest BCUT2D eigenvalue weighted by Gasteiger charge is 1.94. The van der Waals surface area contributed by atoms with Crippen molar-refractivity contribution < 1.29 is 4.39 Å². The Morgan fingerprint density at radius 3 is 2.62 bits per heavy atom. The topological polar surface area (TPSA) is 23.8 Å². The van der Waals surface area contributed by atoms with E-state index in [1.807, 2.05) is 5.40 Å². The summed E-state index contributed by atoms with van der Waals surface area (Å²) in [5.74, 6) is 0.642. The molecule has 0 aliphatic rings. The molecule has 0 N–H and O–H groups in total. The van der Waals surface area contributed by atoms with Crippen molar-refractivity contribution in [2.24, 2.45) is 0 Å². The second-order valence-electron chi connectivity index (χ2n) is 2.67. The number of hydrogen-bond donors (Lipinski definition) is 0. The molecule has 13 heavy (non-hydrogen) atoms. The average molecular weight is 195 g/mol. The molecule has 0 saturated carbocycles. The lowest BCUT2D eigenvalue weighted by Crippen LogP contribution is -1.87. The lowest BCUT2D eigenvalue weighted by Gasteiger charge is -1.98. The van der Waals surface area contributed by atoms with E-state index in [4.69, 9.17) is 5.26 Å². The molecule has 1 rings (SSSR count). The van der Waals surface area contributed by atoms with Crippen molar-refractivity contribution in [1.29, 1.82) is 5.26 Å². The molecule has 0 radical (unpaired) electrons. The molecule has 0 amide bonds. The van der Waals surface area contributed by atoms with Gasteiger partial charge in [-0.1, -0.05) is 12.1 Å². The molecule has 0 spiro atoms. The van der Waals surface area contributed by atoms with Crippen molar-refractivity contribution in [3.8, 4) is 5.40 Å². The van der Waals surface area contributed by atoms with Crippen molar-refractivity contribution in [2.75, 3.05) is 5.75 Å². The molecule has 3 heteroatoms. The van der Waals surface area contributed by atoms with Gasteiger partial charge in [0.15, 0.2) is 0 Å². The number of thioether (sulfide) groups is 1. The van der Waals surface area contributed by atoms with Crippen LogP contribution in [0.4, 0.5) is 4.39 Å². The van der Waals surface area contributed by atoms with Gasteiger partial charge in [-0.15, -0.1) is 0 Å². The zero-order valence-corrected chi connectivity index (χ0v) is 7.98. The highest BCUT2D eigenvalue weighted by molar-refractivity contribution is 8.03. The molecular weight excluding hydrogens is 185 g/mol. The van der Waals surface area contributed by atoms with Crippen molar-refractivity contribution in [3.63, 3.8) is 0 Å². The van der Waals surface area contributed by atoms with Crippen LogP contribution in [0.15, 0.2) is 24.3 Å². The summed E-state index contributed by atoms with van der Waals surface area (Å²) >= 11 is 1.26. The van der Waals surface area contributed by atoms with Crippen LogP contribution in [0.2, 0.25) is 0 Å². The number of nitrogens with zero attached hydrogens (tertiary/aromatic N) is 1. The maximum absolute atomic E-state index is 12.5. The standard InChI is InChI=1S/C10H10FNS/c11-10-5-3-9(4-6-10)2-1-7-13-8-12/h3-6H,1-2,7H2. The zero-order valence-electron chi connectivity index (χ0n) is 7.16. The molecule has 68 valence electrons. The lowest BCUT2D eigenvalue weighted by atomic mass is 10.1. The van der Waals surface area contributed by atoms with Crippen LogP contribution in [0.3, 0.4) is 0 Å². The first-order valence-corrected chi connectivity index (χ1v) is 5.07. The van der Waals surface area contributed by atoms with E-state index in [0.717, 1.165) is 24.2 Å². The van der Waals surface area contributed by atoms with Gasteiger partial charge < -0.3 is 0 Å². The van der Waals surface area contributed by atoms with E-state index in [1.165, 1.54) is 23.9 Å². The van der Waals surface area contributed by atoms with E-state index in [2.05, 4.69) is 0 Å². The Kier molecular flexibility index (Phi) is 4.34. The van der Waals surface area contributed by atoms with E-state index in [-0.39, 0.29) is 5.82 Å². The van der Waals surface area contributed by atoms with Crippen molar-refractivity contribution >= 4 is 11.8 Å². The monoisotopic (exact) mass is 195 g/mol. The third-order valence-corrected chi connectivity index (χ3v) is 2.31. The van der Waals surface area contributed by atoms with Gasteiger partial charge in [-0.25, -0.2) is 4.39 Å². The Labute approximate surface area is 81.6 Å². The SMILES string of the molecule is N#CSCCCc1ccc(F)cc1. The van der Waals surface area contributed by atoms with Crippen LogP contribution >= 0.6 is 11.8 Å². The van der Waals surface area contributed by atoms with Crippen molar-refractivity contribution in [1.82, 2.24) is 0 Å². The third-order valence-electron chi connectivity index (χ3n) is 1.69. The van der Waals surface area contributed by atoms with Crippen molar-refractivity contribution in [3.05, 3.63) is 35.6 Å². The van der Waals surface area contributed by atoms with Gasteiger partial charge in [0.25, 0.3) is 0 Å². The fourth-order valence-electron chi connectivity index (χ4n) is 1.05. The Morgan fingerprint density at radius 1 is 1.31 bits per heavy atom. The number of thiocyanates is 1. The molecule has 0 atom stereocenters. The first-order valence-electron chi connectivity index (χ1n) is 4.08. The molecule has 0 heterocycles. The Hall–Kier alpha value is -1.01. The minimum absolute atomic E-state index is 0.199. The Bertz CT molecular complexity index is 289. The molecule has 0 saturated heterocycles. The van der Waals surface area contributed by atoms with Crippen LogP contribution in [0.5, 0.6) is 0 Å². The molecule has 1 aromatic carbocycles. The van der Waals surface area contributed by atoms with Crippen LogP contribution in [0.1, 0.15) is 12.0 Å². The number of benzene rings is 1. The molecule has 0 aliphatic heterocycles. The summed E-state index contributed by atoms with van der Waals surface area (Å²) in [7, 11) is 0. The van der Waals surface area contributed by atoms with Gasteiger partial charge in [-0.05, 0) is 42.3 Å². The molecule has 0 bridgehead atoms. The Balaban J connectivity index is 2.30. The van der Waals surface area contributed by atoms with Crippen LogP contribution in [-0.2, 0) is 6.42 Å². The summed E-state index contributed by atoms with van der Waals surface area (Å²) in [6.07, 6.45) is 1.87. The predicted molar refractivity (Wildman–Crippen MR) is 52.8 cm³/mol. The second-order valence-corrected chi connectivity index (χ2v) is 3.55. The summed E-state index contributed by atoms with van der Waals surface area (Å²) in [5, 5.41) is 10.3. The first kappa shape index (κ1) is 10.1. The van der Waals surface area contributed by atoms with Gasteiger partial charge in [0, 0.05) is 5.75 Å². The van der Waals surface area contributed by atoms with Gasteiger partial charge in [0.05, 0.1) is 0 Å². The normalized spacial score (nSPS) is 9.54. The van der Waals surface area contributed by atoms with Crippen LogP contribution in [-0.4, -0.2) is 5.75 Å². The van der Waals surface area contributed by atoms with E-state index in [1.54, 1.807) is 12.1 Å². The molecule has 1 nitrogen and oxygen atoms in total. The first-order chi connectivity index (χ1) is 6.33. The summed E-state index contributed by atoms with van der Waals surface area (Å²) in [6, 6.07) is 6.50. The summed E-state index contributed by atoms with van der Waals surface area (Å²) in [4.78, 5) is 0. The predicted octanol–water partition coefficient (Wildman–Crippen LogP) is 2.97. The highest BCUT2D eigenvalue weighted by atomic mass is 32.2. The van der Waals surface area contributed by atoms with Gasteiger partial charge in [0.1, 0.15) is 11.2 Å². The molecular formula is C10H10FNS. The van der Waals surface area contributed by atoms with E-state index < -0.39 is 0 Å². The largest absolute Gasteiger partial charge is 0.207 e. The third kappa shape index (κ3) is 3.95. The second kappa shape index (κ2) is 5.60. The fourth-order valence-corrected chi connectivity index (χ4v) is 1.43. The highest BCUT2D eigenvalue weighted by Crippen LogP contribution is 2.08. The minimum atomic E-state index is -0.199. The Morgan fingerprint density at radius 2 is 2.00 bits per heavy atom. The van der Waals surface area contributed by atoms with Crippen LogP contribution in [0, 0.1) is 16.5 Å². The van der Waals surface area contributed by atoms with Crippen molar-refractivity contribution in [2.45, 2.75) is 12.8 Å². The van der Waals surface area contributed by atoms with E-state index in [0.29, 0.717) is 0 Å². The molecule has 0 aromatic heterocycles. The number of rotatable bonds is 4. The zero-order chi connectivity index (χ0) is 9.52. The minimum Gasteiger partial charge on any atom is -0.207 e. The number of halogens is 1. The van der Waals surface area contributed by atoms with Gasteiger partial charge in [-0.3, -0.25) is 0 Å². The summed E-state index contributed by atoms with van der Waals surface area (Å²) in [6.45, 7) is 0. The maximum Gasteiger partial charge on any atom is 0.133 e. The lowest BCUT2D eigenvalue weighted by molar-refractivity contribution is 0.627. The fraction of sp³-hybridized carbons (Fsp3) is 0.300. The quantitative estimate of drug-likeness (QED) is 0.544. The van der Waals surface area contributed by atoms with Gasteiger partial charge >= 0.3 is 0 Å². The number of aryl methyl sites for hydroxylation is 1. The average Bonchev–Trinajstić information content (AvgIpc) is 2.15. The summed E-state index contributed by atoms with van der Waals surface area (Å²) in [5.41, 5.74) is 1.12. The molecule has 0 aliphatic carbocycles. The van der Waals surface area contributed by atoms with Gasteiger partial charge in [0.2, 0.25) is 0 Å². The van der Waals surface area contributed by atoms with Crippen LogP contribution in [0.25, 0.3) is 0 Å². The number of hydrogen-bond acceptors (Lipinski definition) is 2. The molecule has 1 aromatic rings. The van der Waals surface area contributed by atoms with Crippen LogP contribution < -0.4 is 0 Å². The summed E-state index contributed by atoms with van der Waals surface area (Å²) < 4.78 is 12.5. The van der Waals surface area contributed by atoms with E-state index in [9.17, 15) is 4.39 Å². The maximum atomic E-state index is 12.5. The van der Waals surface area contributed by atoms with E-state index >= 15 is 0 Å².